The lowest BCUT2D eigenvalue weighted by Gasteiger charge is -2.35. The van der Waals surface area contributed by atoms with Crippen LogP contribution in [0.25, 0.3) is 0 Å². The number of benzene rings is 2. The molecule has 1 N–H and O–H groups in total. The first-order valence-corrected chi connectivity index (χ1v) is 12.0. The van der Waals surface area contributed by atoms with Gasteiger partial charge >= 0.3 is 0 Å². The maximum Gasteiger partial charge on any atom is 0.254 e. The van der Waals surface area contributed by atoms with Crippen molar-refractivity contribution in [3.63, 3.8) is 0 Å². The minimum atomic E-state index is -3.68. The number of aryl methyl sites for hydroxylation is 1. The van der Waals surface area contributed by atoms with Crippen molar-refractivity contribution < 1.29 is 18.0 Å². The van der Waals surface area contributed by atoms with Crippen LogP contribution >= 0.6 is 0 Å². The highest BCUT2D eigenvalue weighted by atomic mass is 32.2. The molecule has 0 aliphatic carbocycles. The molecular formula is C23H29N3O4S. The molecule has 1 saturated heterocycles. The second-order valence-electron chi connectivity index (χ2n) is 7.94. The molecule has 31 heavy (non-hydrogen) atoms. The Hall–Kier alpha value is -2.71. The number of nitrogens with one attached hydrogen (secondary N) is 1. The van der Waals surface area contributed by atoms with E-state index in [2.05, 4.69) is 11.6 Å². The third kappa shape index (κ3) is 5.51. The summed E-state index contributed by atoms with van der Waals surface area (Å²) in [5.74, 6) is -0.274. The minimum Gasteiger partial charge on any atom is -0.335 e. The summed E-state index contributed by atoms with van der Waals surface area (Å²) in [7, 11) is -3.68. The van der Waals surface area contributed by atoms with Crippen LogP contribution in [-0.4, -0.2) is 62.3 Å². The molecule has 0 radical (unpaired) electrons. The van der Waals surface area contributed by atoms with Gasteiger partial charge in [0.1, 0.15) is 0 Å². The number of carbonyl (C=O) groups excluding carboxylic acids is 2. The number of amides is 2. The summed E-state index contributed by atoms with van der Waals surface area (Å²) in [4.78, 5) is 29.1. The van der Waals surface area contributed by atoms with Gasteiger partial charge in [0.15, 0.2) is 0 Å². The molecule has 166 valence electrons. The molecule has 0 spiro atoms. The van der Waals surface area contributed by atoms with Crippen LogP contribution in [0.3, 0.4) is 0 Å². The summed E-state index contributed by atoms with van der Waals surface area (Å²) in [6.45, 7) is 7.23. The van der Waals surface area contributed by atoms with E-state index in [1.165, 1.54) is 17.7 Å². The van der Waals surface area contributed by atoms with Crippen molar-refractivity contribution in [2.24, 2.45) is 0 Å². The SMILES string of the molecule is CCc1ccc(C(=O)N2CCN(C(=O)c3cccc(S(=O)(=O)NC(C)C)c3)CC2)cc1. The van der Waals surface area contributed by atoms with Crippen LogP contribution in [0.2, 0.25) is 0 Å². The van der Waals surface area contributed by atoms with Gasteiger partial charge in [0.25, 0.3) is 11.8 Å². The quantitative estimate of drug-likeness (QED) is 0.743. The van der Waals surface area contributed by atoms with Gasteiger partial charge in [-0.1, -0.05) is 25.1 Å². The van der Waals surface area contributed by atoms with Crippen molar-refractivity contribution in [1.29, 1.82) is 0 Å². The zero-order valence-corrected chi connectivity index (χ0v) is 19.0. The molecule has 2 aromatic rings. The van der Waals surface area contributed by atoms with Crippen molar-refractivity contribution in [1.82, 2.24) is 14.5 Å². The largest absolute Gasteiger partial charge is 0.335 e. The molecule has 0 saturated carbocycles. The summed E-state index contributed by atoms with van der Waals surface area (Å²) < 4.78 is 27.3. The Labute approximate surface area is 184 Å². The highest BCUT2D eigenvalue weighted by Crippen LogP contribution is 2.16. The monoisotopic (exact) mass is 443 g/mol. The predicted octanol–water partition coefficient (Wildman–Crippen LogP) is 2.53. The van der Waals surface area contributed by atoms with E-state index in [9.17, 15) is 18.0 Å². The summed E-state index contributed by atoms with van der Waals surface area (Å²) in [6.07, 6.45) is 0.922. The number of nitrogens with zero attached hydrogens (tertiary/aromatic N) is 2. The smallest absolute Gasteiger partial charge is 0.254 e. The number of hydrogen-bond acceptors (Lipinski definition) is 4. The number of piperazine rings is 1. The van der Waals surface area contributed by atoms with E-state index >= 15 is 0 Å². The Morgan fingerprint density at radius 2 is 1.45 bits per heavy atom. The Morgan fingerprint density at radius 1 is 0.903 bits per heavy atom. The molecule has 1 aliphatic rings. The molecule has 0 atom stereocenters. The first-order chi connectivity index (χ1) is 14.7. The second kappa shape index (κ2) is 9.62. The molecule has 3 rings (SSSR count). The van der Waals surface area contributed by atoms with Gasteiger partial charge in [-0.3, -0.25) is 9.59 Å². The van der Waals surface area contributed by atoms with Gasteiger partial charge in [0.05, 0.1) is 4.90 Å². The first kappa shape index (κ1) is 23.0. The third-order valence-electron chi connectivity index (χ3n) is 5.25. The fraction of sp³-hybridized carbons (Fsp3) is 0.391. The molecule has 8 heteroatoms. The summed E-state index contributed by atoms with van der Waals surface area (Å²) in [6, 6.07) is 13.4. The molecular weight excluding hydrogens is 414 g/mol. The van der Waals surface area contributed by atoms with E-state index in [0.29, 0.717) is 37.3 Å². The molecule has 0 bridgehead atoms. The van der Waals surface area contributed by atoms with E-state index < -0.39 is 10.0 Å². The van der Waals surface area contributed by atoms with E-state index in [0.717, 1.165) is 6.42 Å². The first-order valence-electron chi connectivity index (χ1n) is 10.5. The fourth-order valence-corrected chi connectivity index (χ4v) is 4.83. The molecule has 2 amide bonds. The summed E-state index contributed by atoms with van der Waals surface area (Å²) in [5, 5.41) is 0. The van der Waals surface area contributed by atoms with Gasteiger partial charge in [0, 0.05) is 43.3 Å². The average molecular weight is 444 g/mol. The van der Waals surface area contributed by atoms with E-state index in [-0.39, 0.29) is 22.8 Å². The van der Waals surface area contributed by atoms with Crippen LogP contribution in [0.15, 0.2) is 53.4 Å². The normalized spacial score (nSPS) is 14.7. The zero-order chi connectivity index (χ0) is 22.6. The van der Waals surface area contributed by atoms with E-state index in [4.69, 9.17) is 0 Å². The Kier molecular flexibility index (Phi) is 7.12. The van der Waals surface area contributed by atoms with Crippen molar-refractivity contribution >= 4 is 21.8 Å². The highest BCUT2D eigenvalue weighted by Gasteiger charge is 2.26. The Bertz CT molecular complexity index is 1040. The number of rotatable bonds is 6. The van der Waals surface area contributed by atoms with Crippen molar-refractivity contribution in [2.75, 3.05) is 26.2 Å². The lowest BCUT2D eigenvalue weighted by molar-refractivity contribution is 0.0535. The van der Waals surface area contributed by atoms with Gasteiger partial charge in [-0.15, -0.1) is 0 Å². The van der Waals surface area contributed by atoms with Crippen LogP contribution in [-0.2, 0) is 16.4 Å². The minimum absolute atomic E-state index is 0.0393. The van der Waals surface area contributed by atoms with Crippen molar-refractivity contribution in [3.8, 4) is 0 Å². The number of sulfonamides is 1. The Balaban J connectivity index is 1.65. The number of carbonyl (C=O) groups is 2. The van der Waals surface area contributed by atoms with Gasteiger partial charge in [-0.2, -0.15) is 0 Å². The molecule has 0 unspecified atom stereocenters. The maximum absolute atomic E-state index is 12.9. The second-order valence-corrected chi connectivity index (χ2v) is 9.65. The molecule has 1 heterocycles. The zero-order valence-electron chi connectivity index (χ0n) is 18.2. The van der Waals surface area contributed by atoms with E-state index in [1.807, 2.05) is 24.3 Å². The third-order valence-corrected chi connectivity index (χ3v) is 6.90. The molecule has 0 aromatic heterocycles. The Morgan fingerprint density at radius 3 is 1.97 bits per heavy atom. The molecule has 7 nitrogen and oxygen atoms in total. The van der Waals surface area contributed by atoms with E-state index in [1.54, 1.807) is 35.8 Å². The maximum atomic E-state index is 12.9. The van der Waals surface area contributed by atoms with Gasteiger partial charge in [-0.25, -0.2) is 13.1 Å². The van der Waals surface area contributed by atoms with Gasteiger partial charge in [-0.05, 0) is 56.2 Å². The van der Waals surface area contributed by atoms with Crippen molar-refractivity contribution in [3.05, 3.63) is 65.2 Å². The van der Waals surface area contributed by atoms with Crippen LogP contribution in [0.5, 0.6) is 0 Å². The summed E-state index contributed by atoms with van der Waals surface area (Å²) >= 11 is 0. The molecule has 1 fully saturated rings. The lowest BCUT2D eigenvalue weighted by atomic mass is 10.1. The van der Waals surface area contributed by atoms with Crippen LogP contribution in [0.4, 0.5) is 0 Å². The summed E-state index contributed by atoms with van der Waals surface area (Å²) in [5.41, 5.74) is 2.15. The van der Waals surface area contributed by atoms with Gasteiger partial charge < -0.3 is 9.80 Å². The fourth-order valence-electron chi connectivity index (χ4n) is 3.54. The number of hydrogen-bond donors (Lipinski definition) is 1. The van der Waals surface area contributed by atoms with Gasteiger partial charge in [0.2, 0.25) is 10.0 Å². The predicted molar refractivity (Wildman–Crippen MR) is 120 cm³/mol. The highest BCUT2D eigenvalue weighted by molar-refractivity contribution is 7.89. The van der Waals surface area contributed by atoms with Crippen LogP contribution in [0.1, 0.15) is 47.1 Å². The van der Waals surface area contributed by atoms with Crippen LogP contribution in [0, 0.1) is 0 Å². The molecule has 2 aromatic carbocycles. The lowest BCUT2D eigenvalue weighted by Crippen LogP contribution is -2.50. The average Bonchev–Trinajstić information content (AvgIpc) is 2.77. The molecule has 1 aliphatic heterocycles. The van der Waals surface area contributed by atoms with Crippen molar-refractivity contribution in [2.45, 2.75) is 38.1 Å². The standard InChI is InChI=1S/C23H29N3O4S/c1-4-18-8-10-19(11-9-18)22(27)25-12-14-26(15-13-25)23(28)20-6-5-7-21(16-20)31(29,30)24-17(2)3/h5-11,16-17,24H,4,12-15H2,1-3H3. The van der Waals surface area contributed by atoms with Crippen LogP contribution < -0.4 is 4.72 Å². The topological polar surface area (TPSA) is 86.8 Å².